The Morgan fingerprint density at radius 3 is 1.95 bits per heavy atom. The van der Waals surface area contributed by atoms with Crippen molar-refractivity contribution in [3.8, 4) is 11.5 Å². The molecule has 0 radical (unpaired) electrons. The van der Waals surface area contributed by atoms with Crippen molar-refractivity contribution < 1.29 is 18.8 Å². The molecular weight excluding hydrogens is 288 g/mol. The van der Waals surface area contributed by atoms with Gasteiger partial charge in [-0.05, 0) is 57.0 Å². The van der Waals surface area contributed by atoms with Crippen LogP contribution < -0.4 is 8.85 Å². The molecule has 0 aromatic heterocycles. The van der Waals surface area contributed by atoms with Crippen LogP contribution in [0, 0.1) is 0 Å². The lowest BCUT2D eigenvalue weighted by Gasteiger charge is -2.26. The summed E-state index contributed by atoms with van der Waals surface area (Å²) in [6, 6.07) is 5.41. The SMILES string of the molecule is C[Si](C)(C)Oc1ccc(CC(=O)O)cc1O[Si](C)(C)C. The Hall–Kier alpha value is -1.28. The monoisotopic (exact) mass is 312 g/mol. The summed E-state index contributed by atoms with van der Waals surface area (Å²) in [6.07, 6.45) is -0.00468. The molecule has 1 aromatic rings. The van der Waals surface area contributed by atoms with Crippen LogP contribution in [0.5, 0.6) is 11.5 Å². The van der Waals surface area contributed by atoms with E-state index in [4.69, 9.17) is 14.0 Å². The highest BCUT2D eigenvalue weighted by Crippen LogP contribution is 2.32. The van der Waals surface area contributed by atoms with E-state index in [1.165, 1.54) is 0 Å². The third kappa shape index (κ3) is 6.25. The zero-order valence-electron chi connectivity index (χ0n) is 13.1. The summed E-state index contributed by atoms with van der Waals surface area (Å²) in [7, 11) is -3.51. The average molecular weight is 313 g/mol. The van der Waals surface area contributed by atoms with Gasteiger partial charge in [0.25, 0.3) is 0 Å². The first-order chi connectivity index (χ1) is 8.96. The number of rotatable bonds is 6. The summed E-state index contributed by atoms with van der Waals surface area (Å²) in [6.45, 7) is 12.6. The summed E-state index contributed by atoms with van der Waals surface area (Å²) in [5.41, 5.74) is 0.730. The third-order valence-corrected chi connectivity index (χ3v) is 3.86. The molecule has 0 saturated carbocycles. The number of carboxylic acid groups (broad SMARTS) is 1. The quantitative estimate of drug-likeness (QED) is 0.813. The molecule has 1 aromatic carbocycles. The van der Waals surface area contributed by atoms with Crippen LogP contribution in [0.3, 0.4) is 0 Å². The van der Waals surface area contributed by atoms with E-state index in [1.54, 1.807) is 12.1 Å². The second kappa shape index (κ2) is 6.01. The maximum Gasteiger partial charge on any atom is 0.307 e. The van der Waals surface area contributed by atoms with Crippen LogP contribution in [-0.2, 0) is 11.2 Å². The fourth-order valence-electron chi connectivity index (χ4n) is 1.66. The highest BCUT2D eigenvalue weighted by atomic mass is 28.4. The van der Waals surface area contributed by atoms with Crippen LogP contribution in [0.25, 0.3) is 0 Å². The molecule has 1 N–H and O–H groups in total. The molecule has 0 spiro atoms. The maximum absolute atomic E-state index is 10.8. The number of hydrogen-bond donors (Lipinski definition) is 1. The van der Waals surface area contributed by atoms with Gasteiger partial charge in [-0.3, -0.25) is 4.79 Å². The fourth-order valence-corrected chi connectivity index (χ4v) is 3.31. The van der Waals surface area contributed by atoms with Gasteiger partial charge in [-0.15, -0.1) is 0 Å². The Bertz CT molecular complexity index is 487. The summed E-state index contributed by atoms with van der Waals surface area (Å²) < 4.78 is 12.1. The van der Waals surface area contributed by atoms with E-state index in [0.717, 1.165) is 11.3 Å². The van der Waals surface area contributed by atoms with Crippen LogP contribution in [0.4, 0.5) is 0 Å². The Morgan fingerprint density at radius 2 is 1.50 bits per heavy atom. The van der Waals surface area contributed by atoms with Gasteiger partial charge in [-0.25, -0.2) is 0 Å². The number of hydrogen-bond acceptors (Lipinski definition) is 3. The minimum absolute atomic E-state index is 0.00468. The fraction of sp³-hybridized carbons (Fsp3) is 0.500. The van der Waals surface area contributed by atoms with Crippen LogP contribution in [0.1, 0.15) is 5.56 Å². The summed E-state index contributed by atoms with van der Waals surface area (Å²) in [4.78, 5) is 10.8. The highest BCUT2D eigenvalue weighted by Gasteiger charge is 2.23. The van der Waals surface area contributed by atoms with Crippen molar-refractivity contribution in [1.29, 1.82) is 0 Å². The van der Waals surface area contributed by atoms with Crippen molar-refractivity contribution in [3.63, 3.8) is 0 Å². The normalized spacial score (nSPS) is 12.1. The molecule has 0 atom stereocenters. The van der Waals surface area contributed by atoms with Gasteiger partial charge in [0.15, 0.2) is 0 Å². The summed E-state index contributed by atoms with van der Waals surface area (Å²) in [5.74, 6) is 0.550. The van der Waals surface area contributed by atoms with E-state index in [1.807, 2.05) is 6.07 Å². The largest absolute Gasteiger partial charge is 0.542 e. The first-order valence-electron chi connectivity index (χ1n) is 6.69. The number of carbonyl (C=O) groups is 1. The molecule has 0 aliphatic rings. The van der Waals surface area contributed by atoms with Crippen molar-refractivity contribution in [1.82, 2.24) is 0 Å². The van der Waals surface area contributed by atoms with Crippen molar-refractivity contribution in [2.75, 3.05) is 0 Å². The van der Waals surface area contributed by atoms with Crippen LogP contribution in [-0.4, -0.2) is 27.7 Å². The van der Waals surface area contributed by atoms with Crippen LogP contribution in [0.15, 0.2) is 18.2 Å². The minimum Gasteiger partial charge on any atom is -0.542 e. The molecule has 0 aliphatic carbocycles. The third-order valence-electron chi connectivity index (χ3n) is 2.20. The second-order valence-corrected chi connectivity index (χ2v) is 15.6. The molecule has 0 fully saturated rings. The molecule has 0 aliphatic heterocycles. The van der Waals surface area contributed by atoms with Gasteiger partial charge in [0.1, 0.15) is 11.5 Å². The van der Waals surface area contributed by atoms with Gasteiger partial charge in [0, 0.05) is 0 Å². The Morgan fingerprint density at radius 1 is 1.00 bits per heavy atom. The standard InChI is InChI=1S/C14H24O4Si2/c1-19(2,3)17-12-8-7-11(10-14(15)16)9-13(12)18-20(4,5)6/h7-9H,10H2,1-6H3,(H,15,16). The molecule has 20 heavy (non-hydrogen) atoms. The second-order valence-electron chi connectivity index (χ2n) is 6.78. The van der Waals surface area contributed by atoms with Crippen molar-refractivity contribution in [2.45, 2.75) is 45.7 Å². The molecule has 1 rings (SSSR count). The Balaban J connectivity index is 3.12. The van der Waals surface area contributed by atoms with E-state index in [-0.39, 0.29) is 6.42 Å². The zero-order valence-corrected chi connectivity index (χ0v) is 15.1. The summed E-state index contributed by atoms with van der Waals surface area (Å²) >= 11 is 0. The molecule has 4 nitrogen and oxygen atoms in total. The number of benzene rings is 1. The van der Waals surface area contributed by atoms with Crippen molar-refractivity contribution in [2.24, 2.45) is 0 Å². The number of carboxylic acids is 1. The average Bonchev–Trinajstić information content (AvgIpc) is 2.16. The molecule has 0 heterocycles. The predicted octanol–water partition coefficient (Wildman–Crippen LogP) is 3.74. The lowest BCUT2D eigenvalue weighted by molar-refractivity contribution is -0.136. The van der Waals surface area contributed by atoms with Gasteiger partial charge in [-0.1, -0.05) is 6.07 Å². The van der Waals surface area contributed by atoms with E-state index in [2.05, 4.69) is 39.3 Å². The van der Waals surface area contributed by atoms with Crippen LogP contribution >= 0.6 is 0 Å². The molecule has 112 valence electrons. The molecule has 0 saturated heterocycles. The van der Waals surface area contributed by atoms with Gasteiger partial charge >= 0.3 is 5.97 Å². The Kier molecular flexibility index (Phi) is 5.04. The van der Waals surface area contributed by atoms with Gasteiger partial charge in [0.2, 0.25) is 16.6 Å². The van der Waals surface area contributed by atoms with Crippen LogP contribution in [0.2, 0.25) is 39.3 Å². The minimum atomic E-state index is -1.78. The van der Waals surface area contributed by atoms with Gasteiger partial charge in [0.05, 0.1) is 6.42 Å². The highest BCUT2D eigenvalue weighted by molar-refractivity contribution is 6.71. The number of aliphatic carboxylic acids is 1. The van der Waals surface area contributed by atoms with E-state index in [0.29, 0.717) is 5.75 Å². The molecular formula is C14H24O4Si2. The first-order valence-corrected chi connectivity index (χ1v) is 13.5. The Labute approximate surface area is 123 Å². The lowest BCUT2D eigenvalue weighted by Crippen LogP contribution is -2.32. The van der Waals surface area contributed by atoms with E-state index >= 15 is 0 Å². The molecule has 6 heteroatoms. The predicted molar refractivity (Wildman–Crippen MR) is 85.7 cm³/mol. The molecule has 0 unspecified atom stereocenters. The first kappa shape index (κ1) is 16.8. The molecule has 0 amide bonds. The van der Waals surface area contributed by atoms with E-state index < -0.39 is 22.6 Å². The topological polar surface area (TPSA) is 55.8 Å². The van der Waals surface area contributed by atoms with E-state index in [9.17, 15) is 4.79 Å². The summed E-state index contributed by atoms with van der Waals surface area (Å²) in [5, 5.41) is 8.89. The lowest BCUT2D eigenvalue weighted by atomic mass is 10.1. The zero-order chi connectivity index (χ0) is 15.6. The van der Waals surface area contributed by atoms with Gasteiger partial charge < -0.3 is 14.0 Å². The smallest absolute Gasteiger partial charge is 0.307 e. The van der Waals surface area contributed by atoms with Crippen molar-refractivity contribution in [3.05, 3.63) is 23.8 Å². The maximum atomic E-state index is 10.8. The van der Waals surface area contributed by atoms with Gasteiger partial charge in [-0.2, -0.15) is 0 Å². The van der Waals surface area contributed by atoms with Crippen molar-refractivity contribution >= 4 is 22.6 Å². The molecule has 0 bridgehead atoms.